The molecule has 0 aliphatic heterocycles. The maximum absolute atomic E-state index is 6.05. The van der Waals surface area contributed by atoms with Gasteiger partial charge in [0.1, 0.15) is 5.82 Å². The Bertz CT molecular complexity index is 562. The summed E-state index contributed by atoms with van der Waals surface area (Å²) < 4.78 is 2.30. The van der Waals surface area contributed by atoms with Crippen LogP contribution in [0.15, 0.2) is 24.3 Å². The van der Waals surface area contributed by atoms with Crippen LogP contribution in [0.5, 0.6) is 0 Å². The van der Waals surface area contributed by atoms with E-state index in [9.17, 15) is 0 Å². The van der Waals surface area contributed by atoms with Crippen molar-refractivity contribution in [3.8, 4) is 0 Å². The monoisotopic (exact) mass is 334 g/mol. The first-order chi connectivity index (χ1) is 11.4. The first kappa shape index (κ1) is 18.3. The largest absolute Gasteiger partial charge is 0.327 e. The number of hydrogen-bond donors (Lipinski definition) is 0. The molecule has 1 heterocycles. The van der Waals surface area contributed by atoms with Crippen LogP contribution in [-0.4, -0.2) is 9.55 Å². The van der Waals surface area contributed by atoms with E-state index in [0.717, 1.165) is 17.9 Å². The van der Waals surface area contributed by atoms with Crippen molar-refractivity contribution in [3.05, 3.63) is 30.1 Å². The molecule has 0 radical (unpaired) electrons. The summed E-state index contributed by atoms with van der Waals surface area (Å²) in [6.45, 7) is 3.32. The quantitative estimate of drug-likeness (QED) is 0.312. The van der Waals surface area contributed by atoms with E-state index in [0.29, 0.717) is 5.88 Å². The van der Waals surface area contributed by atoms with Gasteiger partial charge in [0.2, 0.25) is 0 Å². The lowest BCUT2D eigenvalue weighted by molar-refractivity contribution is 0.534. The Kier molecular flexibility index (Phi) is 8.52. The molecule has 128 valence electrons. The number of fused-ring (bicyclic) bond motifs is 1. The van der Waals surface area contributed by atoms with Crippen LogP contribution in [0.3, 0.4) is 0 Å². The Morgan fingerprint density at radius 1 is 0.870 bits per heavy atom. The van der Waals surface area contributed by atoms with Crippen molar-refractivity contribution in [1.29, 1.82) is 0 Å². The Morgan fingerprint density at radius 2 is 1.48 bits per heavy atom. The third-order valence-electron chi connectivity index (χ3n) is 4.59. The fourth-order valence-electron chi connectivity index (χ4n) is 3.23. The highest BCUT2D eigenvalue weighted by atomic mass is 35.5. The fourth-order valence-corrected chi connectivity index (χ4v) is 3.44. The second-order valence-corrected chi connectivity index (χ2v) is 6.75. The van der Waals surface area contributed by atoms with Crippen molar-refractivity contribution in [2.24, 2.45) is 0 Å². The Morgan fingerprint density at radius 3 is 2.13 bits per heavy atom. The summed E-state index contributed by atoms with van der Waals surface area (Å²) in [4.78, 5) is 4.63. The van der Waals surface area contributed by atoms with Gasteiger partial charge in [-0.3, -0.25) is 0 Å². The van der Waals surface area contributed by atoms with E-state index >= 15 is 0 Å². The number of hydrogen-bond acceptors (Lipinski definition) is 1. The number of alkyl halides is 1. The summed E-state index contributed by atoms with van der Waals surface area (Å²) in [5.74, 6) is 1.50. The van der Waals surface area contributed by atoms with Crippen LogP contribution in [0, 0.1) is 0 Å². The number of aryl methyl sites for hydroxylation is 1. The number of imidazole rings is 1. The first-order valence-electron chi connectivity index (χ1n) is 9.37. The van der Waals surface area contributed by atoms with Gasteiger partial charge in [-0.15, -0.1) is 11.6 Å². The zero-order valence-corrected chi connectivity index (χ0v) is 15.3. The SMILES string of the molecule is CCCCCCCCCCCCn1c(CCl)nc2ccccc21. The molecule has 2 nitrogen and oxygen atoms in total. The summed E-state index contributed by atoms with van der Waals surface area (Å²) in [6.07, 6.45) is 13.7. The third-order valence-corrected chi connectivity index (χ3v) is 4.83. The molecule has 23 heavy (non-hydrogen) atoms. The van der Waals surface area contributed by atoms with Gasteiger partial charge in [-0.25, -0.2) is 4.98 Å². The molecule has 2 rings (SSSR count). The van der Waals surface area contributed by atoms with Crippen molar-refractivity contribution in [3.63, 3.8) is 0 Å². The molecule has 0 atom stereocenters. The molecular formula is C20H31ClN2. The van der Waals surface area contributed by atoms with Gasteiger partial charge in [0.15, 0.2) is 0 Å². The van der Waals surface area contributed by atoms with Crippen LogP contribution in [0.4, 0.5) is 0 Å². The molecule has 0 aliphatic carbocycles. The fraction of sp³-hybridized carbons (Fsp3) is 0.650. The smallest absolute Gasteiger partial charge is 0.124 e. The first-order valence-corrected chi connectivity index (χ1v) is 9.90. The Hall–Kier alpha value is -1.02. The van der Waals surface area contributed by atoms with Crippen molar-refractivity contribution in [2.45, 2.75) is 83.6 Å². The van der Waals surface area contributed by atoms with Gasteiger partial charge >= 0.3 is 0 Å². The minimum Gasteiger partial charge on any atom is -0.327 e. The molecule has 0 aliphatic rings. The van der Waals surface area contributed by atoms with Crippen molar-refractivity contribution < 1.29 is 0 Å². The number of halogens is 1. The molecule has 0 fully saturated rings. The minimum atomic E-state index is 0.493. The normalized spacial score (nSPS) is 11.4. The lowest BCUT2D eigenvalue weighted by Gasteiger charge is -2.07. The topological polar surface area (TPSA) is 17.8 Å². The Balaban J connectivity index is 1.65. The Labute approximate surface area is 146 Å². The van der Waals surface area contributed by atoms with E-state index in [1.807, 2.05) is 6.07 Å². The lowest BCUT2D eigenvalue weighted by atomic mass is 10.1. The van der Waals surface area contributed by atoms with Crippen LogP contribution in [0.25, 0.3) is 11.0 Å². The molecular weight excluding hydrogens is 304 g/mol. The number of nitrogens with zero attached hydrogens (tertiary/aromatic N) is 2. The van der Waals surface area contributed by atoms with Gasteiger partial charge in [-0.2, -0.15) is 0 Å². The molecule has 0 unspecified atom stereocenters. The molecule has 0 amide bonds. The van der Waals surface area contributed by atoms with Gasteiger partial charge in [0, 0.05) is 6.54 Å². The van der Waals surface area contributed by atoms with E-state index < -0.39 is 0 Å². The van der Waals surface area contributed by atoms with Crippen molar-refractivity contribution in [2.75, 3.05) is 0 Å². The highest BCUT2D eigenvalue weighted by molar-refractivity contribution is 6.16. The van der Waals surface area contributed by atoms with E-state index in [4.69, 9.17) is 11.6 Å². The number of aromatic nitrogens is 2. The molecule has 0 spiro atoms. The van der Waals surface area contributed by atoms with Crippen LogP contribution in [0.2, 0.25) is 0 Å². The molecule has 0 bridgehead atoms. The zero-order chi connectivity index (χ0) is 16.3. The van der Waals surface area contributed by atoms with E-state index in [1.54, 1.807) is 0 Å². The van der Waals surface area contributed by atoms with Crippen molar-refractivity contribution >= 4 is 22.6 Å². The molecule has 0 saturated carbocycles. The number of unbranched alkanes of at least 4 members (excludes halogenated alkanes) is 9. The molecule has 0 N–H and O–H groups in total. The summed E-state index contributed by atoms with van der Waals surface area (Å²) >= 11 is 6.05. The lowest BCUT2D eigenvalue weighted by Crippen LogP contribution is -2.02. The number of benzene rings is 1. The predicted molar refractivity (Wildman–Crippen MR) is 101 cm³/mol. The van der Waals surface area contributed by atoms with Crippen LogP contribution < -0.4 is 0 Å². The predicted octanol–water partition coefficient (Wildman–Crippen LogP) is 6.70. The average Bonchev–Trinajstić information content (AvgIpc) is 2.94. The van der Waals surface area contributed by atoms with Crippen LogP contribution in [-0.2, 0) is 12.4 Å². The highest BCUT2D eigenvalue weighted by Gasteiger charge is 2.08. The molecule has 3 heteroatoms. The summed E-state index contributed by atoms with van der Waals surface area (Å²) in [5.41, 5.74) is 2.29. The molecule has 2 aromatic rings. The summed E-state index contributed by atoms with van der Waals surface area (Å²) in [6, 6.07) is 8.34. The van der Waals surface area contributed by atoms with Gasteiger partial charge in [-0.05, 0) is 18.6 Å². The second kappa shape index (κ2) is 10.7. The standard InChI is InChI=1S/C20H31ClN2/c1-2-3-4-5-6-7-8-9-10-13-16-23-19-15-12-11-14-18(19)22-20(23)17-21/h11-12,14-15H,2-10,13,16-17H2,1H3. The van der Waals surface area contributed by atoms with Gasteiger partial charge < -0.3 is 4.57 Å². The maximum atomic E-state index is 6.05. The van der Waals surface area contributed by atoms with Crippen LogP contribution >= 0.6 is 11.6 Å². The molecule has 1 aromatic carbocycles. The van der Waals surface area contributed by atoms with E-state index in [2.05, 4.69) is 34.7 Å². The van der Waals surface area contributed by atoms with Gasteiger partial charge in [0.05, 0.1) is 16.9 Å². The third kappa shape index (κ3) is 5.84. The summed E-state index contributed by atoms with van der Waals surface area (Å²) in [7, 11) is 0. The number of rotatable bonds is 12. The molecule has 1 aromatic heterocycles. The maximum Gasteiger partial charge on any atom is 0.124 e. The van der Waals surface area contributed by atoms with Gasteiger partial charge in [-0.1, -0.05) is 76.8 Å². The van der Waals surface area contributed by atoms with E-state index in [1.165, 1.54) is 69.7 Å². The number of para-hydroxylation sites is 2. The summed E-state index contributed by atoms with van der Waals surface area (Å²) in [5, 5.41) is 0. The average molecular weight is 335 g/mol. The van der Waals surface area contributed by atoms with Crippen LogP contribution in [0.1, 0.15) is 77.0 Å². The van der Waals surface area contributed by atoms with Crippen molar-refractivity contribution in [1.82, 2.24) is 9.55 Å². The zero-order valence-electron chi connectivity index (χ0n) is 14.6. The van der Waals surface area contributed by atoms with Gasteiger partial charge in [0.25, 0.3) is 0 Å². The second-order valence-electron chi connectivity index (χ2n) is 6.48. The van der Waals surface area contributed by atoms with E-state index in [-0.39, 0.29) is 0 Å². The molecule has 0 saturated heterocycles. The minimum absolute atomic E-state index is 0.493. The highest BCUT2D eigenvalue weighted by Crippen LogP contribution is 2.19.